The fraction of sp³-hybridized carbons (Fsp3) is 0.500. The quantitative estimate of drug-likeness (QED) is 0.762. The van der Waals surface area contributed by atoms with Crippen molar-refractivity contribution in [2.45, 2.75) is 25.1 Å². The lowest BCUT2D eigenvalue weighted by Crippen LogP contribution is -2.41. The Kier molecular flexibility index (Phi) is 3.36. The van der Waals surface area contributed by atoms with Gasteiger partial charge in [0.1, 0.15) is 0 Å². The molecule has 1 fully saturated rings. The molecule has 0 bridgehead atoms. The third-order valence-corrected chi connectivity index (χ3v) is 3.03. The van der Waals surface area contributed by atoms with Crippen molar-refractivity contribution in [3.8, 4) is 0 Å². The first-order chi connectivity index (χ1) is 7.27. The highest BCUT2D eigenvalue weighted by molar-refractivity contribution is 5.18. The van der Waals surface area contributed by atoms with Crippen LogP contribution in [0.2, 0.25) is 0 Å². The summed E-state index contributed by atoms with van der Waals surface area (Å²) in [7, 11) is 0. The fourth-order valence-electron chi connectivity index (χ4n) is 2.03. The average molecular weight is 206 g/mol. The summed E-state index contributed by atoms with van der Waals surface area (Å²) in [6, 6.07) is 10.1. The molecule has 1 aliphatic heterocycles. The minimum atomic E-state index is -0.135. The average Bonchev–Trinajstić information content (AvgIpc) is 2.30. The topological polar surface area (TPSA) is 49.5 Å². The summed E-state index contributed by atoms with van der Waals surface area (Å²) in [5.74, 6) is 0. The van der Waals surface area contributed by atoms with Crippen LogP contribution in [0.5, 0.6) is 0 Å². The molecule has 3 N–H and O–H groups in total. The highest BCUT2D eigenvalue weighted by atomic mass is 16.3. The van der Waals surface area contributed by atoms with Gasteiger partial charge in [0.05, 0.1) is 12.3 Å². The summed E-state index contributed by atoms with van der Waals surface area (Å²) in [6.07, 6.45) is 1.50. The number of benzene rings is 1. The Morgan fingerprint density at radius 3 is 2.40 bits per heavy atom. The zero-order chi connectivity index (χ0) is 10.7. The van der Waals surface area contributed by atoms with Gasteiger partial charge in [0.25, 0.3) is 0 Å². The van der Waals surface area contributed by atoms with Crippen molar-refractivity contribution in [1.82, 2.24) is 4.90 Å². The zero-order valence-electron chi connectivity index (χ0n) is 8.84. The Morgan fingerprint density at radius 2 is 1.80 bits per heavy atom. The molecule has 0 aromatic heterocycles. The molecule has 1 atom stereocenters. The van der Waals surface area contributed by atoms with E-state index in [1.165, 1.54) is 0 Å². The van der Waals surface area contributed by atoms with Gasteiger partial charge < -0.3 is 10.8 Å². The minimum Gasteiger partial charge on any atom is -0.393 e. The van der Waals surface area contributed by atoms with Crippen molar-refractivity contribution in [1.29, 1.82) is 0 Å². The van der Waals surface area contributed by atoms with Crippen LogP contribution in [0, 0.1) is 0 Å². The summed E-state index contributed by atoms with van der Waals surface area (Å²) in [5.41, 5.74) is 7.31. The van der Waals surface area contributed by atoms with E-state index >= 15 is 0 Å². The fourth-order valence-corrected chi connectivity index (χ4v) is 2.03. The maximum Gasteiger partial charge on any atom is 0.0835 e. The SMILES string of the molecule is N[C@@H](c1ccccc1)N1CCC(O)CC1. The van der Waals surface area contributed by atoms with E-state index in [0.717, 1.165) is 31.5 Å². The maximum atomic E-state index is 9.41. The molecule has 1 aromatic rings. The molecular formula is C12H18N2O. The Hall–Kier alpha value is -0.900. The van der Waals surface area contributed by atoms with Crippen LogP contribution in [0.15, 0.2) is 30.3 Å². The van der Waals surface area contributed by atoms with E-state index in [1.807, 2.05) is 18.2 Å². The summed E-state index contributed by atoms with van der Waals surface area (Å²) >= 11 is 0. The second-order valence-corrected chi connectivity index (χ2v) is 4.12. The zero-order valence-corrected chi connectivity index (χ0v) is 8.84. The van der Waals surface area contributed by atoms with Gasteiger partial charge in [-0.3, -0.25) is 4.90 Å². The Morgan fingerprint density at radius 1 is 1.20 bits per heavy atom. The molecule has 3 heteroatoms. The first kappa shape index (κ1) is 10.6. The van der Waals surface area contributed by atoms with Gasteiger partial charge in [-0.15, -0.1) is 0 Å². The van der Waals surface area contributed by atoms with Crippen molar-refractivity contribution in [3.63, 3.8) is 0 Å². The Bertz CT molecular complexity index is 294. The molecule has 1 heterocycles. The van der Waals surface area contributed by atoms with E-state index in [4.69, 9.17) is 5.73 Å². The molecule has 82 valence electrons. The number of hydrogen-bond acceptors (Lipinski definition) is 3. The minimum absolute atomic E-state index is 0.0290. The number of nitrogens with two attached hydrogens (primary N) is 1. The predicted molar refractivity (Wildman–Crippen MR) is 60.2 cm³/mol. The lowest BCUT2D eigenvalue weighted by molar-refractivity contribution is 0.0617. The molecule has 15 heavy (non-hydrogen) atoms. The van der Waals surface area contributed by atoms with Gasteiger partial charge >= 0.3 is 0 Å². The third-order valence-electron chi connectivity index (χ3n) is 3.03. The van der Waals surface area contributed by atoms with Crippen LogP contribution in [0.4, 0.5) is 0 Å². The summed E-state index contributed by atoms with van der Waals surface area (Å²) in [6.45, 7) is 1.77. The van der Waals surface area contributed by atoms with Crippen LogP contribution in [-0.2, 0) is 0 Å². The second-order valence-electron chi connectivity index (χ2n) is 4.12. The molecule has 1 saturated heterocycles. The second kappa shape index (κ2) is 4.75. The Balaban J connectivity index is 1.99. The largest absolute Gasteiger partial charge is 0.393 e. The molecule has 0 radical (unpaired) electrons. The highest BCUT2D eigenvalue weighted by Gasteiger charge is 2.22. The van der Waals surface area contributed by atoms with Gasteiger partial charge in [-0.1, -0.05) is 30.3 Å². The first-order valence-corrected chi connectivity index (χ1v) is 5.50. The van der Waals surface area contributed by atoms with Gasteiger partial charge in [0.15, 0.2) is 0 Å². The smallest absolute Gasteiger partial charge is 0.0835 e. The maximum absolute atomic E-state index is 9.41. The van der Waals surface area contributed by atoms with Crippen LogP contribution < -0.4 is 5.73 Å². The standard InChI is InChI=1S/C12H18N2O/c13-12(10-4-2-1-3-5-10)14-8-6-11(15)7-9-14/h1-5,11-12,15H,6-9,13H2/t12-/m1/s1. The van der Waals surface area contributed by atoms with Gasteiger partial charge in [0.2, 0.25) is 0 Å². The molecular weight excluding hydrogens is 188 g/mol. The van der Waals surface area contributed by atoms with Gasteiger partial charge in [-0.05, 0) is 18.4 Å². The molecule has 1 aromatic carbocycles. The number of piperidine rings is 1. The van der Waals surface area contributed by atoms with Crippen LogP contribution in [0.1, 0.15) is 24.6 Å². The Labute approximate surface area is 90.5 Å². The van der Waals surface area contributed by atoms with E-state index in [-0.39, 0.29) is 12.3 Å². The molecule has 3 nitrogen and oxygen atoms in total. The van der Waals surface area contributed by atoms with Crippen molar-refractivity contribution in [2.24, 2.45) is 5.73 Å². The molecule has 0 aliphatic carbocycles. The van der Waals surface area contributed by atoms with Crippen LogP contribution in [-0.4, -0.2) is 29.2 Å². The van der Waals surface area contributed by atoms with E-state index in [1.54, 1.807) is 0 Å². The molecule has 2 rings (SSSR count). The summed E-state index contributed by atoms with van der Waals surface area (Å²) < 4.78 is 0. The molecule has 0 spiro atoms. The first-order valence-electron chi connectivity index (χ1n) is 5.50. The monoisotopic (exact) mass is 206 g/mol. The van der Waals surface area contributed by atoms with Crippen LogP contribution in [0.25, 0.3) is 0 Å². The van der Waals surface area contributed by atoms with E-state index < -0.39 is 0 Å². The van der Waals surface area contributed by atoms with Crippen molar-refractivity contribution < 1.29 is 5.11 Å². The molecule has 0 amide bonds. The van der Waals surface area contributed by atoms with Gasteiger partial charge in [-0.25, -0.2) is 0 Å². The molecule has 0 saturated carbocycles. The van der Waals surface area contributed by atoms with E-state index in [2.05, 4.69) is 17.0 Å². The molecule has 1 aliphatic rings. The van der Waals surface area contributed by atoms with Gasteiger partial charge in [-0.2, -0.15) is 0 Å². The van der Waals surface area contributed by atoms with Crippen LogP contribution in [0.3, 0.4) is 0 Å². The van der Waals surface area contributed by atoms with Gasteiger partial charge in [0, 0.05) is 13.1 Å². The number of nitrogens with zero attached hydrogens (tertiary/aromatic N) is 1. The van der Waals surface area contributed by atoms with Crippen molar-refractivity contribution in [2.75, 3.05) is 13.1 Å². The summed E-state index contributed by atoms with van der Waals surface area (Å²) in [4.78, 5) is 2.22. The number of rotatable bonds is 2. The predicted octanol–water partition coefficient (Wildman–Crippen LogP) is 1.10. The number of hydrogen-bond donors (Lipinski definition) is 2. The number of aliphatic hydroxyl groups excluding tert-OH is 1. The third kappa shape index (κ3) is 2.56. The highest BCUT2D eigenvalue weighted by Crippen LogP contribution is 2.19. The lowest BCUT2D eigenvalue weighted by atomic mass is 10.1. The van der Waals surface area contributed by atoms with E-state index in [9.17, 15) is 5.11 Å². The number of aliphatic hydroxyl groups is 1. The number of likely N-dealkylation sites (tertiary alicyclic amines) is 1. The van der Waals surface area contributed by atoms with Crippen molar-refractivity contribution in [3.05, 3.63) is 35.9 Å². The normalized spacial score (nSPS) is 21.5. The van der Waals surface area contributed by atoms with Crippen molar-refractivity contribution >= 4 is 0 Å². The summed E-state index contributed by atoms with van der Waals surface area (Å²) in [5, 5.41) is 9.41. The lowest BCUT2D eigenvalue weighted by Gasteiger charge is -2.34. The molecule has 0 unspecified atom stereocenters. The van der Waals surface area contributed by atoms with E-state index in [0.29, 0.717) is 0 Å². The van der Waals surface area contributed by atoms with Crippen LogP contribution >= 0.6 is 0 Å².